The zero-order valence-corrected chi connectivity index (χ0v) is 9.67. The van der Waals surface area contributed by atoms with Crippen molar-refractivity contribution in [1.29, 1.82) is 0 Å². The molecule has 1 heterocycles. The first-order valence-electron chi connectivity index (χ1n) is 5.46. The number of hydrogen-bond donors (Lipinski definition) is 2. The number of furan rings is 1. The normalized spacial score (nSPS) is 25.4. The molecule has 1 amide bonds. The van der Waals surface area contributed by atoms with Crippen LogP contribution in [0.2, 0.25) is 5.22 Å². The van der Waals surface area contributed by atoms with E-state index in [1.165, 1.54) is 6.26 Å². The van der Waals surface area contributed by atoms with E-state index in [2.05, 4.69) is 5.32 Å². The predicted octanol–water partition coefficient (Wildman–Crippen LogP) is 1.93. The molecule has 5 heteroatoms. The second kappa shape index (κ2) is 4.89. The molecule has 0 unspecified atom stereocenters. The summed E-state index contributed by atoms with van der Waals surface area (Å²) < 4.78 is 4.88. The van der Waals surface area contributed by atoms with Crippen molar-refractivity contribution in [3.63, 3.8) is 0 Å². The van der Waals surface area contributed by atoms with Crippen molar-refractivity contribution in [2.24, 2.45) is 5.73 Å². The van der Waals surface area contributed by atoms with E-state index in [1.807, 2.05) is 0 Å². The van der Waals surface area contributed by atoms with Gasteiger partial charge in [-0.2, -0.15) is 0 Å². The molecule has 0 atom stereocenters. The van der Waals surface area contributed by atoms with E-state index in [-0.39, 0.29) is 23.2 Å². The predicted molar refractivity (Wildman–Crippen MR) is 61.4 cm³/mol. The Balaban J connectivity index is 1.91. The van der Waals surface area contributed by atoms with E-state index < -0.39 is 0 Å². The van der Waals surface area contributed by atoms with Crippen molar-refractivity contribution in [3.05, 3.63) is 23.1 Å². The Labute approximate surface area is 99.1 Å². The highest BCUT2D eigenvalue weighted by Gasteiger charge is 2.22. The minimum absolute atomic E-state index is 0.144. The molecule has 0 saturated heterocycles. The number of amides is 1. The standard InChI is InChI=1S/C11H15ClN2O2/c12-10-9(5-6-16-10)11(15)14-8-3-1-7(13)2-4-8/h5-8H,1-4,13H2,(H,14,15). The summed E-state index contributed by atoms with van der Waals surface area (Å²) in [5.41, 5.74) is 6.20. The SMILES string of the molecule is NC1CCC(NC(=O)c2ccoc2Cl)CC1. The third-order valence-electron chi connectivity index (χ3n) is 2.97. The van der Waals surface area contributed by atoms with Crippen LogP contribution in [0.3, 0.4) is 0 Å². The molecule has 0 aliphatic heterocycles. The summed E-state index contributed by atoms with van der Waals surface area (Å²) in [4.78, 5) is 11.8. The lowest BCUT2D eigenvalue weighted by atomic mass is 9.92. The van der Waals surface area contributed by atoms with Crippen LogP contribution >= 0.6 is 11.6 Å². The zero-order valence-electron chi connectivity index (χ0n) is 8.91. The van der Waals surface area contributed by atoms with Crippen LogP contribution in [0.5, 0.6) is 0 Å². The van der Waals surface area contributed by atoms with Crippen LogP contribution in [0, 0.1) is 0 Å². The molecule has 2 rings (SSSR count). The Hall–Kier alpha value is -1.00. The molecule has 88 valence electrons. The minimum atomic E-state index is -0.167. The molecule has 4 nitrogen and oxygen atoms in total. The van der Waals surface area contributed by atoms with Crippen LogP contribution in [0.4, 0.5) is 0 Å². The van der Waals surface area contributed by atoms with E-state index in [0.29, 0.717) is 5.56 Å². The van der Waals surface area contributed by atoms with Crippen LogP contribution in [0.15, 0.2) is 16.7 Å². The largest absolute Gasteiger partial charge is 0.452 e. The second-order valence-corrected chi connectivity index (χ2v) is 4.54. The maximum atomic E-state index is 11.8. The topological polar surface area (TPSA) is 68.3 Å². The lowest BCUT2D eigenvalue weighted by Gasteiger charge is -2.26. The lowest BCUT2D eigenvalue weighted by molar-refractivity contribution is 0.0925. The van der Waals surface area contributed by atoms with Crippen molar-refractivity contribution in [2.75, 3.05) is 0 Å². The second-order valence-electron chi connectivity index (χ2n) is 4.19. The minimum Gasteiger partial charge on any atom is -0.452 e. The van der Waals surface area contributed by atoms with Gasteiger partial charge >= 0.3 is 0 Å². The van der Waals surface area contributed by atoms with Crippen molar-refractivity contribution < 1.29 is 9.21 Å². The number of carbonyl (C=O) groups is 1. The Morgan fingerprint density at radius 1 is 1.44 bits per heavy atom. The summed E-state index contributed by atoms with van der Waals surface area (Å²) in [6.45, 7) is 0. The molecule has 16 heavy (non-hydrogen) atoms. The highest BCUT2D eigenvalue weighted by atomic mass is 35.5. The van der Waals surface area contributed by atoms with Crippen LogP contribution in [0.1, 0.15) is 36.0 Å². The van der Waals surface area contributed by atoms with Crippen LogP contribution in [0.25, 0.3) is 0 Å². The summed E-state index contributed by atoms with van der Waals surface area (Å²) in [6, 6.07) is 2.07. The van der Waals surface area contributed by atoms with Gasteiger partial charge in [-0.25, -0.2) is 0 Å². The Kier molecular flexibility index (Phi) is 3.51. The fraction of sp³-hybridized carbons (Fsp3) is 0.545. The molecule has 0 spiro atoms. The maximum absolute atomic E-state index is 11.8. The van der Waals surface area contributed by atoms with Gasteiger partial charge in [0.15, 0.2) is 0 Å². The molecule has 1 aliphatic rings. The van der Waals surface area contributed by atoms with Gasteiger partial charge in [-0.1, -0.05) is 0 Å². The summed E-state index contributed by atoms with van der Waals surface area (Å²) in [5.74, 6) is -0.167. The fourth-order valence-electron chi connectivity index (χ4n) is 1.98. The highest BCUT2D eigenvalue weighted by molar-refractivity contribution is 6.32. The number of nitrogens with one attached hydrogen (secondary N) is 1. The Bertz CT molecular complexity index is 370. The number of halogens is 1. The molecule has 0 radical (unpaired) electrons. The van der Waals surface area contributed by atoms with Gasteiger partial charge in [0.2, 0.25) is 5.22 Å². The quantitative estimate of drug-likeness (QED) is 0.833. The lowest BCUT2D eigenvalue weighted by Crippen LogP contribution is -2.40. The van der Waals surface area contributed by atoms with Crippen molar-refractivity contribution in [2.45, 2.75) is 37.8 Å². The third-order valence-corrected chi connectivity index (χ3v) is 3.26. The summed E-state index contributed by atoms with van der Waals surface area (Å²) in [5, 5.41) is 3.09. The van der Waals surface area contributed by atoms with E-state index in [1.54, 1.807) is 6.07 Å². The average Bonchev–Trinajstić information content (AvgIpc) is 2.68. The highest BCUT2D eigenvalue weighted by Crippen LogP contribution is 2.20. The monoisotopic (exact) mass is 242 g/mol. The van der Waals surface area contributed by atoms with Gasteiger partial charge in [0.1, 0.15) is 0 Å². The van der Waals surface area contributed by atoms with E-state index in [0.717, 1.165) is 25.7 Å². The molecule has 1 fully saturated rings. The van der Waals surface area contributed by atoms with E-state index in [9.17, 15) is 4.79 Å². The van der Waals surface area contributed by atoms with Gasteiger partial charge in [-0.3, -0.25) is 4.79 Å². The molecule has 0 bridgehead atoms. The summed E-state index contributed by atoms with van der Waals surface area (Å²) in [7, 11) is 0. The molecular formula is C11H15ClN2O2. The van der Waals surface area contributed by atoms with Gasteiger partial charge in [-0.15, -0.1) is 0 Å². The summed E-state index contributed by atoms with van der Waals surface area (Å²) in [6.07, 6.45) is 5.20. The number of carbonyl (C=O) groups excluding carboxylic acids is 1. The smallest absolute Gasteiger partial charge is 0.256 e. The maximum Gasteiger partial charge on any atom is 0.256 e. The first-order valence-corrected chi connectivity index (χ1v) is 5.84. The van der Waals surface area contributed by atoms with Crippen LogP contribution < -0.4 is 11.1 Å². The Morgan fingerprint density at radius 3 is 2.69 bits per heavy atom. The molecule has 1 aromatic rings. The van der Waals surface area contributed by atoms with Gasteiger partial charge in [-0.05, 0) is 43.4 Å². The zero-order chi connectivity index (χ0) is 11.5. The molecule has 3 N–H and O–H groups in total. The van der Waals surface area contributed by atoms with Gasteiger partial charge < -0.3 is 15.5 Å². The van der Waals surface area contributed by atoms with Crippen molar-refractivity contribution >= 4 is 17.5 Å². The number of rotatable bonds is 2. The molecule has 0 aromatic carbocycles. The van der Waals surface area contributed by atoms with Crippen molar-refractivity contribution in [3.8, 4) is 0 Å². The van der Waals surface area contributed by atoms with Crippen LogP contribution in [-0.4, -0.2) is 18.0 Å². The van der Waals surface area contributed by atoms with Crippen molar-refractivity contribution in [1.82, 2.24) is 5.32 Å². The summed E-state index contributed by atoms with van der Waals surface area (Å²) >= 11 is 5.73. The molecule has 1 aromatic heterocycles. The molecule has 1 aliphatic carbocycles. The van der Waals surface area contributed by atoms with Gasteiger partial charge in [0.05, 0.1) is 11.8 Å². The first-order chi connectivity index (χ1) is 7.66. The van der Waals surface area contributed by atoms with E-state index in [4.69, 9.17) is 21.8 Å². The average molecular weight is 243 g/mol. The fourth-order valence-corrected chi connectivity index (χ4v) is 2.18. The van der Waals surface area contributed by atoms with Gasteiger partial charge in [0, 0.05) is 12.1 Å². The number of nitrogens with two attached hydrogens (primary N) is 1. The van der Waals surface area contributed by atoms with Crippen LogP contribution in [-0.2, 0) is 0 Å². The number of hydrogen-bond acceptors (Lipinski definition) is 3. The molecular weight excluding hydrogens is 228 g/mol. The molecule has 1 saturated carbocycles. The third kappa shape index (κ3) is 2.57. The van der Waals surface area contributed by atoms with E-state index >= 15 is 0 Å². The van der Waals surface area contributed by atoms with Gasteiger partial charge in [0.25, 0.3) is 5.91 Å². The first kappa shape index (κ1) is 11.5. The Morgan fingerprint density at radius 2 is 2.12 bits per heavy atom.